The summed E-state index contributed by atoms with van der Waals surface area (Å²) in [6, 6.07) is 5.31. The second-order valence-electron chi connectivity index (χ2n) is 4.85. The highest BCUT2D eigenvalue weighted by atomic mass is 19.1. The lowest BCUT2D eigenvalue weighted by Gasteiger charge is -2.14. The minimum absolute atomic E-state index is 0.244. The molecule has 5 heteroatoms. The van der Waals surface area contributed by atoms with Crippen molar-refractivity contribution >= 4 is 5.96 Å². The number of aliphatic imine (C=N–C) groups is 1. The molecule has 1 rings (SSSR count). The van der Waals surface area contributed by atoms with Gasteiger partial charge in [-0.25, -0.2) is 9.38 Å². The van der Waals surface area contributed by atoms with E-state index in [0.29, 0.717) is 18.2 Å². The van der Waals surface area contributed by atoms with Gasteiger partial charge in [0, 0.05) is 25.3 Å². The van der Waals surface area contributed by atoms with Gasteiger partial charge in [-0.2, -0.15) is 0 Å². The van der Waals surface area contributed by atoms with Crippen LogP contribution in [0.3, 0.4) is 0 Å². The Morgan fingerprint density at radius 2 is 2.15 bits per heavy atom. The highest BCUT2D eigenvalue weighted by Gasteiger charge is 2.04. The fourth-order valence-electron chi connectivity index (χ4n) is 1.76. The third-order valence-electron chi connectivity index (χ3n) is 2.60. The van der Waals surface area contributed by atoms with Crippen LogP contribution in [0.25, 0.3) is 0 Å². The van der Waals surface area contributed by atoms with Crippen LogP contribution in [-0.4, -0.2) is 25.7 Å². The van der Waals surface area contributed by atoms with Gasteiger partial charge in [-0.05, 0) is 38.5 Å². The van der Waals surface area contributed by atoms with E-state index in [1.54, 1.807) is 19.2 Å². The predicted octanol–water partition coefficient (Wildman–Crippen LogP) is 2.44. The number of nitrogens with zero attached hydrogens (tertiary/aromatic N) is 1. The highest BCUT2D eigenvalue weighted by Crippen LogP contribution is 2.12. The number of benzene rings is 1. The second kappa shape index (κ2) is 8.53. The first-order chi connectivity index (χ1) is 9.56. The van der Waals surface area contributed by atoms with Crippen molar-refractivity contribution in [3.05, 3.63) is 35.1 Å². The first-order valence-electron chi connectivity index (χ1n) is 6.87. The van der Waals surface area contributed by atoms with Crippen molar-refractivity contribution in [2.45, 2.75) is 40.0 Å². The molecule has 0 saturated carbocycles. The van der Waals surface area contributed by atoms with Crippen molar-refractivity contribution < 1.29 is 9.13 Å². The van der Waals surface area contributed by atoms with Gasteiger partial charge in [0.05, 0.1) is 13.2 Å². The highest BCUT2D eigenvalue weighted by molar-refractivity contribution is 5.79. The SMILES string of the molecule is CCNC(=NCc1ccc(F)c(COC)c1)NC(C)C. The number of methoxy groups -OCH3 is 1. The van der Waals surface area contributed by atoms with Crippen molar-refractivity contribution in [1.82, 2.24) is 10.6 Å². The number of hydrogen-bond donors (Lipinski definition) is 2. The van der Waals surface area contributed by atoms with Crippen LogP contribution in [0.15, 0.2) is 23.2 Å². The fraction of sp³-hybridized carbons (Fsp3) is 0.533. The van der Waals surface area contributed by atoms with Gasteiger partial charge in [0.15, 0.2) is 5.96 Å². The van der Waals surface area contributed by atoms with Crippen molar-refractivity contribution in [3.63, 3.8) is 0 Å². The summed E-state index contributed by atoms with van der Waals surface area (Å²) < 4.78 is 18.5. The maximum atomic E-state index is 13.5. The summed E-state index contributed by atoms with van der Waals surface area (Å²) in [5.41, 5.74) is 1.52. The Hall–Kier alpha value is -1.62. The van der Waals surface area contributed by atoms with Crippen LogP contribution in [-0.2, 0) is 17.9 Å². The molecule has 0 fully saturated rings. The lowest BCUT2D eigenvalue weighted by molar-refractivity contribution is 0.181. The third-order valence-corrected chi connectivity index (χ3v) is 2.60. The largest absolute Gasteiger partial charge is 0.380 e. The molecule has 20 heavy (non-hydrogen) atoms. The van der Waals surface area contributed by atoms with E-state index in [9.17, 15) is 4.39 Å². The van der Waals surface area contributed by atoms with Gasteiger partial charge in [0.25, 0.3) is 0 Å². The van der Waals surface area contributed by atoms with Crippen molar-refractivity contribution in [3.8, 4) is 0 Å². The fourth-order valence-corrected chi connectivity index (χ4v) is 1.76. The summed E-state index contributed by atoms with van der Waals surface area (Å²) >= 11 is 0. The number of rotatable bonds is 6. The number of ether oxygens (including phenoxy) is 1. The minimum Gasteiger partial charge on any atom is -0.380 e. The molecule has 0 aliphatic heterocycles. The molecule has 0 aromatic heterocycles. The van der Waals surface area contributed by atoms with E-state index in [0.717, 1.165) is 18.1 Å². The maximum absolute atomic E-state index is 13.5. The zero-order chi connectivity index (χ0) is 15.0. The Labute approximate surface area is 120 Å². The molecule has 4 nitrogen and oxygen atoms in total. The lowest BCUT2D eigenvalue weighted by atomic mass is 10.1. The maximum Gasteiger partial charge on any atom is 0.191 e. The molecule has 0 radical (unpaired) electrons. The van der Waals surface area contributed by atoms with E-state index in [2.05, 4.69) is 29.5 Å². The van der Waals surface area contributed by atoms with E-state index in [-0.39, 0.29) is 12.4 Å². The summed E-state index contributed by atoms with van der Waals surface area (Å²) in [4.78, 5) is 4.49. The molecule has 0 amide bonds. The topological polar surface area (TPSA) is 45.7 Å². The summed E-state index contributed by atoms with van der Waals surface area (Å²) in [6.45, 7) is 7.71. The number of halogens is 1. The molecule has 2 N–H and O–H groups in total. The van der Waals surface area contributed by atoms with Gasteiger partial charge in [0.1, 0.15) is 5.82 Å². The molecule has 112 valence electrons. The monoisotopic (exact) mass is 281 g/mol. The van der Waals surface area contributed by atoms with Crippen LogP contribution in [0.5, 0.6) is 0 Å². The zero-order valence-electron chi connectivity index (χ0n) is 12.7. The quantitative estimate of drug-likeness (QED) is 0.622. The molecule has 0 aliphatic carbocycles. The van der Waals surface area contributed by atoms with Crippen LogP contribution < -0.4 is 10.6 Å². The number of guanidine groups is 1. The van der Waals surface area contributed by atoms with E-state index in [1.807, 2.05) is 6.92 Å². The molecule has 0 unspecified atom stereocenters. The summed E-state index contributed by atoms with van der Waals surface area (Å²) in [5, 5.41) is 6.42. The van der Waals surface area contributed by atoms with Gasteiger partial charge in [0.2, 0.25) is 0 Å². The standard InChI is InChI=1S/C15H24FN3O/c1-5-17-15(19-11(2)3)18-9-12-6-7-14(16)13(8-12)10-20-4/h6-8,11H,5,9-10H2,1-4H3,(H2,17,18,19). The van der Waals surface area contributed by atoms with E-state index in [4.69, 9.17) is 4.74 Å². The number of nitrogens with one attached hydrogen (secondary N) is 2. The minimum atomic E-state index is -0.244. The van der Waals surface area contributed by atoms with Crippen LogP contribution in [0.4, 0.5) is 4.39 Å². The van der Waals surface area contributed by atoms with Gasteiger partial charge in [-0.3, -0.25) is 0 Å². The van der Waals surface area contributed by atoms with Gasteiger partial charge < -0.3 is 15.4 Å². The average Bonchev–Trinajstić information content (AvgIpc) is 2.39. The smallest absolute Gasteiger partial charge is 0.191 e. The van der Waals surface area contributed by atoms with Crippen molar-refractivity contribution in [1.29, 1.82) is 0 Å². The average molecular weight is 281 g/mol. The third kappa shape index (κ3) is 5.57. The van der Waals surface area contributed by atoms with Gasteiger partial charge in [-0.1, -0.05) is 6.07 Å². The van der Waals surface area contributed by atoms with Crippen LogP contribution >= 0.6 is 0 Å². The Kier molecular flexibility index (Phi) is 7.01. The van der Waals surface area contributed by atoms with Crippen LogP contribution in [0, 0.1) is 5.82 Å². The molecular weight excluding hydrogens is 257 g/mol. The number of hydrogen-bond acceptors (Lipinski definition) is 2. The molecule has 0 spiro atoms. The molecule has 0 bridgehead atoms. The Bertz CT molecular complexity index is 447. The van der Waals surface area contributed by atoms with E-state index in [1.165, 1.54) is 6.07 Å². The second-order valence-corrected chi connectivity index (χ2v) is 4.85. The first kappa shape index (κ1) is 16.4. The summed E-state index contributed by atoms with van der Waals surface area (Å²) in [6.07, 6.45) is 0. The zero-order valence-corrected chi connectivity index (χ0v) is 12.7. The Balaban J connectivity index is 2.77. The summed E-state index contributed by atoms with van der Waals surface area (Å²) in [7, 11) is 1.56. The molecule has 1 aromatic rings. The molecule has 0 aliphatic rings. The first-order valence-corrected chi connectivity index (χ1v) is 6.87. The molecule has 1 aromatic carbocycles. The molecule has 0 saturated heterocycles. The summed E-state index contributed by atoms with van der Waals surface area (Å²) in [5.74, 6) is 0.520. The Morgan fingerprint density at radius 3 is 2.75 bits per heavy atom. The van der Waals surface area contributed by atoms with E-state index < -0.39 is 0 Å². The predicted molar refractivity (Wildman–Crippen MR) is 80.2 cm³/mol. The molecule has 0 heterocycles. The van der Waals surface area contributed by atoms with Crippen molar-refractivity contribution in [2.24, 2.45) is 4.99 Å². The molecular formula is C15H24FN3O. The van der Waals surface area contributed by atoms with E-state index >= 15 is 0 Å². The van der Waals surface area contributed by atoms with Crippen molar-refractivity contribution in [2.75, 3.05) is 13.7 Å². The van der Waals surface area contributed by atoms with Crippen LogP contribution in [0.2, 0.25) is 0 Å². The Morgan fingerprint density at radius 1 is 1.40 bits per heavy atom. The molecule has 0 atom stereocenters. The van der Waals surface area contributed by atoms with Gasteiger partial charge in [-0.15, -0.1) is 0 Å². The normalized spacial score (nSPS) is 11.8. The van der Waals surface area contributed by atoms with Gasteiger partial charge >= 0.3 is 0 Å². The van der Waals surface area contributed by atoms with Crippen LogP contribution in [0.1, 0.15) is 31.9 Å². The lowest BCUT2D eigenvalue weighted by Crippen LogP contribution is -2.41.